The van der Waals surface area contributed by atoms with Gasteiger partial charge in [-0.2, -0.15) is 0 Å². The third kappa shape index (κ3) is 6.75. The summed E-state index contributed by atoms with van der Waals surface area (Å²) in [7, 11) is 3.16. The van der Waals surface area contributed by atoms with Gasteiger partial charge in [0.05, 0.1) is 36.6 Å². The van der Waals surface area contributed by atoms with Crippen molar-refractivity contribution in [1.82, 2.24) is 15.7 Å². The van der Waals surface area contributed by atoms with Crippen LogP contribution in [0.2, 0.25) is 0 Å². The highest BCUT2D eigenvalue weighted by atomic mass is 16.5. The number of hydrogen-bond acceptors (Lipinski definition) is 7. The minimum absolute atomic E-state index is 0.236. The zero-order valence-electron chi connectivity index (χ0n) is 22.3. The number of para-hydroxylation sites is 1. The van der Waals surface area contributed by atoms with E-state index in [0.717, 1.165) is 10.9 Å². The van der Waals surface area contributed by atoms with E-state index in [9.17, 15) is 9.59 Å². The number of nitrogens with one attached hydrogen (secondary N) is 2. The van der Waals surface area contributed by atoms with E-state index in [-0.39, 0.29) is 18.4 Å². The van der Waals surface area contributed by atoms with Gasteiger partial charge in [0, 0.05) is 29.5 Å². The highest BCUT2D eigenvalue weighted by Crippen LogP contribution is 2.33. The van der Waals surface area contributed by atoms with Gasteiger partial charge in [0.1, 0.15) is 0 Å². The standard InChI is InChI=1S/C28H36N4O5/c1-27(2,26(34)32-29)13-14-37-28(3,4)17-30-25(33)20-16-22(31-21-10-8-7-9-19(20)21)18-11-12-23(35-5)24(15-18)36-6/h7-12,15-16H,13-14,17,29H2,1-6H3,(H,30,33)(H,32,34). The van der Waals surface area contributed by atoms with Crippen LogP contribution < -0.4 is 26.1 Å². The molecule has 0 fully saturated rings. The first kappa shape index (κ1) is 27.9. The lowest BCUT2D eigenvalue weighted by Crippen LogP contribution is -2.43. The van der Waals surface area contributed by atoms with E-state index in [1.165, 1.54) is 0 Å². The van der Waals surface area contributed by atoms with Crippen LogP contribution in [-0.2, 0) is 9.53 Å². The molecule has 0 saturated carbocycles. The molecule has 4 N–H and O–H groups in total. The van der Waals surface area contributed by atoms with E-state index < -0.39 is 11.0 Å². The molecule has 3 aromatic rings. The molecule has 9 nitrogen and oxygen atoms in total. The predicted octanol–water partition coefficient (Wildman–Crippen LogP) is 3.85. The minimum atomic E-state index is -0.662. The molecule has 0 atom stereocenters. The lowest BCUT2D eigenvalue weighted by atomic mass is 9.89. The summed E-state index contributed by atoms with van der Waals surface area (Å²) in [6.07, 6.45) is 0.483. The van der Waals surface area contributed by atoms with E-state index in [1.807, 2.05) is 56.3 Å². The number of methoxy groups -OCH3 is 2. The number of nitrogens with two attached hydrogens (primary N) is 1. The third-order valence-electron chi connectivity index (χ3n) is 6.28. The number of carbonyl (C=O) groups excluding carboxylic acids is 2. The van der Waals surface area contributed by atoms with Crippen LogP contribution in [0.1, 0.15) is 44.5 Å². The van der Waals surface area contributed by atoms with Gasteiger partial charge in [0.15, 0.2) is 11.5 Å². The van der Waals surface area contributed by atoms with Crippen LogP contribution in [0, 0.1) is 5.41 Å². The minimum Gasteiger partial charge on any atom is -0.493 e. The lowest BCUT2D eigenvalue weighted by molar-refractivity contribution is -0.131. The van der Waals surface area contributed by atoms with Crippen molar-refractivity contribution in [1.29, 1.82) is 0 Å². The first-order valence-electron chi connectivity index (χ1n) is 12.1. The van der Waals surface area contributed by atoms with Gasteiger partial charge in [0.25, 0.3) is 5.91 Å². The fourth-order valence-corrected chi connectivity index (χ4v) is 3.84. The first-order chi connectivity index (χ1) is 17.5. The third-order valence-corrected chi connectivity index (χ3v) is 6.28. The van der Waals surface area contributed by atoms with E-state index >= 15 is 0 Å². The Morgan fingerprint density at radius 1 is 0.973 bits per heavy atom. The Kier molecular flexibility index (Phi) is 8.73. The first-order valence-corrected chi connectivity index (χ1v) is 12.1. The number of hydrogen-bond donors (Lipinski definition) is 3. The van der Waals surface area contributed by atoms with Crippen LogP contribution in [0.15, 0.2) is 48.5 Å². The summed E-state index contributed by atoms with van der Waals surface area (Å²) in [5, 5.41) is 3.74. The Morgan fingerprint density at radius 2 is 1.68 bits per heavy atom. The summed E-state index contributed by atoms with van der Waals surface area (Å²) in [4.78, 5) is 30.0. The molecule has 0 unspecified atom stereocenters. The summed E-state index contributed by atoms with van der Waals surface area (Å²) in [5.41, 5.74) is 3.52. The average Bonchev–Trinajstić information content (AvgIpc) is 2.89. The number of amides is 2. The summed E-state index contributed by atoms with van der Waals surface area (Å²) >= 11 is 0. The van der Waals surface area contributed by atoms with Crippen molar-refractivity contribution in [3.05, 3.63) is 54.1 Å². The fourth-order valence-electron chi connectivity index (χ4n) is 3.84. The molecular formula is C28H36N4O5. The molecule has 0 bridgehead atoms. The second-order valence-corrected chi connectivity index (χ2v) is 10.0. The van der Waals surface area contributed by atoms with Crippen LogP contribution >= 0.6 is 0 Å². The van der Waals surface area contributed by atoms with Crippen molar-refractivity contribution in [2.45, 2.75) is 39.7 Å². The SMILES string of the molecule is COc1ccc(-c2cc(C(=O)NCC(C)(C)OCCC(C)(C)C(=O)NN)c3ccccc3n2)cc1OC. The molecule has 0 aliphatic carbocycles. The van der Waals surface area contributed by atoms with E-state index in [1.54, 1.807) is 34.1 Å². The number of nitrogens with zero attached hydrogens (tertiary/aromatic N) is 1. The smallest absolute Gasteiger partial charge is 0.252 e. The molecule has 2 aromatic carbocycles. The zero-order valence-corrected chi connectivity index (χ0v) is 22.3. The Bertz CT molecular complexity index is 1270. The molecule has 37 heavy (non-hydrogen) atoms. The molecule has 3 rings (SSSR count). The van der Waals surface area contributed by atoms with Gasteiger partial charge >= 0.3 is 0 Å². The van der Waals surface area contributed by atoms with Gasteiger partial charge in [-0.15, -0.1) is 0 Å². The van der Waals surface area contributed by atoms with Crippen molar-refractivity contribution in [3.63, 3.8) is 0 Å². The molecule has 2 amide bonds. The van der Waals surface area contributed by atoms with Crippen LogP contribution in [-0.4, -0.2) is 49.8 Å². The van der Waals surface area contributed by atoms with Crippen LogP contribution in [0.5, 0.6) is 11.5 Å². The number of hydrazine groups is 1. The molecule has 0 radical (unpaired) electrons. The summed E-state index contributed by atoms with van der Waals surface area (Å²) in [6, 6.07) is 14.8. The van der Waals surface area contributed by atoms with Crippen molar-refractivity contribution >= 4 is 22.7 Å². The normalized spacial score (nSPS) is 11.8. The molecule has 0 spiro atoms. The molecule has 0 aliphatic rings. The number of benzene rings is 2. The number of carbonyl (C=O) groups is 2. The number of rotatable bonds is 11. The molecule has 0 saturated heterocycles. The molecular weight excluding hydrogens is 472 g/mol. The topological polar surface area (TPSA) is 125 Å². The monoisotopic (exact) mass is 508 g/mol. The largest absolute Gasteiger partial charge is 0.493 e. The summed E-state index contributed by atoms with van der Waals surface area (Å²) < 4.78 is 16.8. The van der Waals surface area contributed by atoms with Crippen molar-refractivity contribution in [2.24, 2.45) is 11.3 Å². The number of aromatic nitrogens is 1. The van der Waals surface area contributed by atoms with Crippen molar-refractivity contribution in [2.75, 3.05) is 27.4 Å². The quantitative estimate of drug-likeness (QED) is 0.204. The highest BCUT2D eigenvalue weighted by molar-refractivity contribution is 6.07. The number of fused-ring (bicyclic) bond motifs is 1. The maximum absolute atomic E-state index is 13.4. The molecule has 0 aliphatic heterocycles. The van der Waals surface area contributed by atoms with E-state index in [0.29, 0.717) is 41.3 Å². The number of ether oxygens (including phenoxy) is 3. The predicted molar refractivity (Wildman–Crippen MR) is 143 cm³/mol. The fraction of sp³-hybridized carbons (Fsp3) is 0.393. The van der Waals surface area contributed by atoms with Crippen LogP contribution in [0.25, 0.3) is 22.2 Å². The second kappa shape index (κ2) is 11.6. The van der Waals surface area contributed by atoms with E-state index in [2.05, 4.69) is 10.7 Å². The van der Waals surface area contributed by atoms with Gasteiger partial charge in [-0.05, 0) is 50.6 Å². The molecule has 9 heteroatoms. The Labute approximate surface area is 217 Å². The molecule has 1 heterocycles. The van der Waals surface area contributed by atoms with E-state index in [4.69, 9.17) is 25.0 Å². The summed E-state index contributed by atoms with van der Waals surface area (Å²) in [6.45, 7) is 8.00. The van der Waals surface area contributed by atoms with Crippen LogP contribution in [0.4, 0.5) is 0 Å². The van der Waals surface area contributed by atoms with Gasteiger partial charge in [-0.3, -0.25) is 15.0 Å². The second-order valence-electron chi connectivity index (χ2n) is 10.0. The Balaban J connectivity index is 1.80. The van der Waals surface area contributed by atoms with Crippen LogP contribution in [0.3, 0.4) is 0 Å². The Morgan fingerprint density at radius 3 is 2.35 bits per heavy atom. The van der Waals surface area contributed by atoms with Gasteiger partial charge in [-0.1, -0.05) is 32.0 Å². The lowest BCUT2D eigenvalue weighted by Gasteiger charge is -2.28. The highest BCUT2D eigenvalue weighted by Gasteiger charge is 2.28. The molecule has 198 valence electrons. The van der Waals surface area contributed by atoms with Gasteiger partial charge in [-0.25, -0.2) is 10.8 Å². The summed E-state index contributed by atoms with van der Waals surface area (Å²) in [5.74, 6) is 5.96. The molecule has 1 aromatic heterocycles. The maximum atomic E-state index is 13.4. The van der Waals surface area contributed by atoms with Gasteiger partial charge < -0.3 is 19.5 Å². The Hall–Kier alpha value is -3.69. The zero-order chi connectivity index (χ0) is 27.2. The van der Waals surface area contributed by atoms with Crippen molar-refractivity contribution in [3.8, 4) is 22.8 Å². The average molecular weight is 509 g/mol. The van der Waals surface area contributed by atoms with Crippen molar-refractivity contribution < 1.29 is 23.8 Å². The maximum Gasteiger partial charge on any atom is 0.252 e. The number of pyridine rings is 1. The van der Waals surface area contributed by atoms with Gasteiger partial charge in [0.2, 0.25) is 5.91 Å².